The highest BCUT2D eigenvalue weighted by Gasteiger charge is 2.14. The van der Waals surface area contributed by atoms with Crippen molar-refractivity contribution >= 4 is 22.1 Å². The molecule has 3 heteroatoms. The second kappa shape index (κ2) is 4.67. The van der Waals surface area contributed by atoms with Gasteiger partial charge < -0.3 is 4.42 Å². The van der Waals surface area contributed by atoms with Crippen LogP contribution in [0.2, 0.25) is 0 Å². The largest absolute Gasteiger partial charge is 0.437 e. The van der Waals surface area contributed by atoms with E-state index in [0.717, 1.165) is 33.3 Å². The minimum Gasteiger partial charge on any atom is -0.437 e. The predicted octanol–water partition coefficient (Wildman–Crippen LogP) is 4.97. The molecule has 0 radical (unpaired) electrons. The molecule has 1 aromatic carbocycles. The highest BCUT2D eigenvalue weighted by molar-refractivity contribution is 6.08. The summed E-state index contributed by atoms with van der Waals surface area (Å²) in [4.78, 5) is 9.06. The maximum absolute atomic E-state index is 6.04. The molecule has 22 heavy (non-hydrogen) atoms. The molecular weight excluding hydrogens is 272 g/mol. The molecule has 3 heterocycles. The molecular formula is C19H16N2O. The van der Waals surface area contributed by atoms with Gasteiger partial charge in [-0.3, -0.25) is 4.98 Å². The van der Waals surface area contributed by atoms with Gasteiger partial charge in [-0.05, 0) is 56.2 Å². The fraction of sp³-hybridized carbons (Fsp3) is 0.158. The standard InChI is InChI=1S/C19H16N2O/c1-11-9-17(20-10-12(11)2)16-6-4-5-14-15-8-7-13(3)21-19(15)22-18(14)16/h4-10H,1-3H3. The van der Waals surface area contributed by atoms with Gasteiger partial charge in [-0.15, -0.1) is 0 Å². The van der Waals surface area contributed by atoms with E-state index in [9.17, 15) is 0 Å². The van der Waals surface area contributed by atoms with Crippen molar-refractivity contribution in [3.63, 3.8) is 0 Å². The van der Waals surface area contributed by atoms with Gasteiger partial charge in [0.1, 0.15) is 5.58 Å². The van der Waals surface area contributed by atoms with E-state index in [-0.39, 0.29) is 0 Å². The van der Waals surface area contributed by atoms with Crippen molar-refractivity contribution in [2.45, 2.75) is 20.8 Å². The second-order valence-corrected chi connectivity index (χ2v) is 5.74. The summed E-state index contributed by atoms with van der Waals surface area (Å²) in [5, 5.41) is 2.13. The van der Waals surface area contributed by atoms with Crippen LogP contribution in [0.5, 0.6) is 0 Å². The minimum absolute atomic E-state index is 0.686. The number of aryl methyl sites for hydroxylation is 3. The number of para-hydroxylation sites is 1. The third-order valence-electron chi connectivity index (χ3n) is 4.15. The molecule has 0 atom stereocenters. The van der Waals surface area contributed by atoms with E-state index in [4.69, 9.17) is 4.42 Å². The number of hydrogen-bond acceptors (Lipinski definition) is 3. The van der Waals surface area contributed by atoms with Crippen molar-refractivity contribution in [3.8, 4) is 11.3 Å². The number of benzene rings is 1. The quantitative estimate of drug-likeness (QED) is 0.496. The third kappa shape index (κ3) is 1.90. The van der Waals surface area contributed by atoms with E-state index >= 15 is 0 Å². The van der Waals surface area contributed by atoms with E-state index < -0.39 is 0 Å². The van der Waals surface area contributed by atoms with Crippen LogP contribution in [0.25, 0.3) is 33.3 Å². The molecule has 3 aromatic heterocycles. The fourth-order valence-corrected chi connectivity index (χ4v) is 2.74. The Balaban J connectivity index is 2.05. The van der Waals surface area contributed by atoms with Gasteiger partial charge in [-0.25, -0.2) is 4.98 Å². The predicted molar refractivity (Wildman–Crippen MR) is 89.0 cm³/mol. The molecule has 0 N–H and O–H groups in total. The van der Waals surface area contributed by atoms with E-state index in [1.807, 2.05) is 25.3 Å². The van der Waals surface area contributed by atoms with Crippen LogP contribution < -0.4 is 0 Å². The smallest absolute Gasteiger partial charge is 0.227 e. The lowest BCUT2D eigenvalue weighted by Crippen LogP contribution is -1.88. The molecule has 3 nitrogen and oxygen atoms in total. The highest BCUT2D eigenvalue weighted by atomic mass is 16.3. The van der Waals surface area contributed by atoms with Gasteiger partial charge in [0.25, 0.3) is 0 Å². The zero-order valence-corrected chi connectivity index (χ0v) is 12.8. The zero-order valence-electron chi connectivity index (χ0n) is 12.8. The number of fused-ring (bicyclic) bond motifs is 3. The van der Waals surface area contributed by atoms with Gasteiger partial charge in [-0.1, -0.05) is 12.1 Å². The lowest BCUT2D eigenvalue weighted by molar-refractivity contribution is 0.653. The molecule has 0 saturated carbocycles. The average molecular weight is 288 g/mol. The van der Waals surface area contributed by atoms with Crippen molar-refractivity contribution in [3.05, 3.63) is 59.4 Å². The number of rotatable bonds is 1. The molecule has 0 amide bonds. The van der Waals surface area contributed by atoms with Gasteiger partial charge in [0.15, 0.2) is 0 Å². The van der Waals surface area contributed by atoms with Crippen molar-refractivity contribution in [2.75, 3.05) is 0 Å². The van der Waals surface area contributed by atoms with Gasteiger partial charge in [0.2, 0.25) is 5.71 Å². The Hall–Kier alpha value is -2.68. The summed E-state index contributed by atoms with van der Waals surface area (Å²) in [7, 11) is 0. The SMILES string of the molecule is Cc1ccc2c(n1)oc1c(-c3cc(C)c(C)cn3)cccc12. The van der Waals surface area contributed by atoms with Crippen LogP contribution in [0.4, 0.5) is 0 Å². The number of aromatic nitrogens is 2. The van der Waals surface area contributed by atoms with E-state index in [2.05, 4.69) is 48.1 Å². The van der Waals surface area contributed by atoms with Crippen LogP contribution in [-0.4, -0.2) is 9.97 Å². The number of pyridine rings is 2. The summed E-state index contributed by atoms with van der Waals surface area (Å²) in [6.45, 7) is 6.14. The normalized spacial score (nSPS) is 11.4. The summed E-state index contributed by atoms with van der Waals surface area (Å²) < 4.78 is 6.04. The molecule has 0 aliphatic rings. The first-order valence-electron chi connectivity index (χ1n) is 7.36. The number of furan rings is 1. The van der Waals surface area contributed by atoms with Crippen LogP contribution >= 0.6 is 0 Å². The Kier molecular flexibility index (Phi) is 2.76. The second-order valence-electron chi connectivity index (χ2n) is 5.74. The lowest BCUT2D eigenvalue weighted by atomic mass is 10.0. The fourth-order valence-electron chi connectivity index (χ4n) is 2.74. The Morgan fingerprint density at radius 1 is 0.909 bits per heavy atom. The maximum atomic E-state index is 6.04. The first kappa shape index (κ1) is 13.0. The van der Waals surface area contributed by atoms with Crippen molar-refractivity contribution in [2.24, 2.45) is 0 Å². The summed E-state index contributed by atoms with van der Waals surface area (Å²) >= 11 is 0. The van der Waals surface area contributed by atoms with Crippen LogP contribution in [0.1, 0.15) is 16.8 Å². The van der Waals surface area contributed by atoms with E-state index in [1.54, 1.807) is 0 Å². The van der Waals surface area contributed by atoms with Crippen LogP contribution in [-0.2, 0) is 0 Å². The topological polar surface area (TPSA) is 38.9 Å². The van der Waals surface area contributed by atoms with Crippen LogP contribution in [0, 0.1) is 20.8 Å². The molecule has 0 unspecified atom stereocenters. The van der Waals surface area contributed by atoms with E-state index in [0.29, 0.717) is 5.71 Å². The molecule has 0 aliphatic carbocycles. The summed E-state index contributed by atoms with van der Waals surface area (Å²) in [5.41, 5.74) is 6.86. The monoisotopic (exact) mass is 288 g/mol. The number of hydrogen-bond donors (Lipinski definition) is 0. The zero-order chi connectivity index (χ0) is 15.3. The van der Waals surface area contributed by atoms with Gasteiger partial charge in [-0.2, -0.15) is 0 Å². The van der Waals surface area contributed by atoms with Crippen molar-refractivity contribution in [1.29, 1.82) is 0 Å². The summed E-state index contributed by atoms with van der Waals surface area (Å²) in [5.74, 6) is 0. The van der Waals surface area contributed by atoms with Crippen LogP contribution in [0.3, 0.4) is 0 Å². The van der Waals surface area contributed by atoms with Gasteiger partial charge in [0, 0.05) is 28.2 Å². The summed E-state index contributed by atoms with van der Waals surface area (Å²) in [6, 6.07) is 12.4. The molecule has 0 saturated heterocycles. The molecule has 4 aromatic rings. The van der Waals surface area contributed by atoms with Gasteiger partial charge in [0.05, 0.1) is 5.69 Å². The summed E-state index contributed by atoms with van der Waals surface area (Å²) in [6.07, 6.45) is 1.91. The minimum atomic E-state index is 0.686. The first-order chi connectivity index (χ1) is 10.6. The molecule has 0 spiro atoms. The molecule has 4 rings (SSSR count). The van der Waals surface area contributed by atoms with Crippen molar-refractivity contribution in [1.82, 2.24) is 9.97 Å². The van der Waals surface area contributed by atoms with Gasteiger partial charge >= 0.3 is 0 Å². The molecule has 0 aliphatic heterocycles. The molecule has 0 fully saturated rings. The highest BCUT2D eigenvalue weighted by Crippen LogP contribution is 2.34. The molecule has 108 valence electrons. The average Bonchev–Trinajstić information content (AvgIpc) is 2.87. The number of nitrogens with zero attached hydrogens (tertiary/aromatic N) is 2. The lowest BCUT2D eigenvalue weighted by Gasteiger charge is -2.05. The van der Waals surface area contributed by atoms with Crippen LogP contribution in [0.15, 0.2) is 47.0 Å². The first-order valence-corrected chi connectivity index (χ1v) is 7.36. The Bertz CT molecular complexity index is 1010. The Morgan fingerprint density at radius 3 is 2.59 bits per heavy atom. The maximum Gasteiger partial charge on any atom is 0.227 e. The molecule has 0 bridgehead atoms. The van der Waals surface area contributed by atoms with Crippen molar-refractivity contribution < 1.29 is 4.42 Å². The Morgan fingerprint density at radius 2 is 1.77 bits per heavy atom. The Labute approximate surface area is 128 Å². The third-order valence-corrected chi connectivity index (χ3v) is 4.15. The van der Waals surface area contributed by atoms with E-state index in [1.165, 1.54) is 11.1 Å².